The Hall–Kier alpha value is -1.42. The predicted octanol–water partition coefficient (Wildman–Crippen LogP) is 3.80. The van der Waals surface area contributed by atoms with Gasteiger partial charge in [-0.05, 0) is 36.7 Å². The van der Waals surface area contributed by atoms with Gasteiger partial charge in [-0.2, -0.15) is 0 Å². The molecule has 3 rings (SSSR count). The van der Waals surface area contributed by atoms with E-state index in [2.05, 4.69) is 5.32 Å². The number of benzene rings is 1. The van der Waals surface area contributed by atoms with Crippen LogP contribution >= 0.6 is 0 Å². The maximum absolute atomic E-state index is 10.6. The first-order valence-corrected chi connectivity index (χ1v) is 7.66. The SMILES string of the molecule is O=[N+]([O-])c1ccc(CNC2CCC23CCCCC3)cc1. The quantitative estimate of drug-likeness (QED) is 0.671. The third-order valence-electron chi connectivity index (χ3n) is 5.22. The summed E-state index contributed by atoms with van der Waals surface area (Å²) in [6.07, 6.45) is 9.59. The third kappa shape index (κ3) is 2.57. The van der Waals surface area contributed by atoms with E-state index in [9.17, 15) is 10.1 Å². The van der Waals surface area contributed by atoms with Gasteiger partial charge in [0.1, 0.15) is 0 Å². The fraction of sp³-hybridized carbons (Fsp3) is 0.625. The van der Waals surface area contributed by atoms with E-state index in [0.717, 1.165) is 12.1 Å². The highest BCUT2D eigenvalue weighted by atomic mass is 16.6. The van der Waals surface area contributed by atoms with Gasteiger partial charge >= 0.3 is 0 Å². The molecule has 4 nitrogen and oxygen atoms in total. The summed E-state index contributed by atoms with van der Waals surface area (Å²) in [5.41, 5.74) is 1.87. The second kappa shape index (κ2) is 5.52. The molecule has 0 radical (unpaired) electrons. The molecule has 1 N–H and O–H groups in total. The minimum Gasteiger partial charge on any atom is -0.309 e. The Kier molecular flexibility index (Phi) is 3.74. The molecule has 4 heteroatoms. The number of nitrogens with zero attached hydrogens (tertiary/aromatic N) is 1. The molecule has 1 aromatic rings. The van der Waals surface area contributed by atoms with Crippen LogP contribution in [0.25, 0.3) is 0 Å². The molecule has 0 aromatic heterocycles. The normalized spacial score (nSPS) is 24.3. The van der Waals surface area contributed by atoms with Crippen molar-refractivity contribution in [1.82, 2.24) is 5.32 Å². The van der Waals surface area contributed by atoms with Crippen LogP contribution < -0.4 is 5.32 Å². The van der Waals surface area contributed by atoms with Crippen LogP contribution in [0.4, 0.5) is 5.69 Å². The van der Waals surface area contributed by atoms with Gasteiger partial charge in [0.2, 0.25) is 0 Å². The average Bonchev–Trinajstić information content (AvgIpc) is 2.47. The van der Waals surface area contributed by atoms with Crippen LogP contribution in [0.3, 0.4) is 0 Å². The van der Waals surface area contributed by atoms with Gasteiger partial charge < -0.3 is 5.32 Å². The number of nitro groups is 1. The molecule has 2 fully saturated rings. The Labute approximate surface area is 119 Å². The van der Waals surface area contributed by atoms with E-state index in [-0.39, 0.29) is 10.6 Å². The van der Waals surface area contributed by atoms with E-state index < -0.39 is 0 Å². The molecule has 2 saturated carbocycles. The van der Waals surface area contributed by atoms with Gasteiger partial charge in [0.15, 0.2) is 0 Å². The number of rotatable bonds is 4. The molecule has 1 spiro atoms. The van der Waals surface area contributed by atoms with Crippen molar-refractivity contribution in [2.45, 2.75) is 57.5 Å². The Balaban J connectivity index is 1.55. The molecular formula is C16H22N2O2. The van der Waals surface area contributed by atoms with Crippen LogP contribution in [-0.4, -0.2) is 11.0 Å². The van der Waals surface area contributed by atoms with Gasteiger partial charge in [-0.3, -0.25) is 10.1 Å². The van der Waals surface area contributed by atoms with Crippen molar-refractivity contribution < 1.29 is 4.92 Å². The zero-order chi connectivity index (χ0) is 14.0. The Morgan fingerprint density at radius 3 is 2.40 bits per heavy atom. The van der Waals surface area contributed by atoms with Crippen molar-refractivity contribution in [2.75, 3.05) is 0 Å². The molecule has 20 heavy (non-hydrogen) atoms. The molecular weight excluding hydrogens is 252 g/mol. The standard InChI is InChI=1S/C16H22N2O2/c19-18(20)14-6-4-13(5-7-14)12-17-15-8-11-16(15)9-2-1-3-10-16/h4-7,15,17H,1-3,8-12H2. The molecule has 0 amide bonds. The maximum Gasteiger partial charge on any atom is 0.269 e. The molecule has 1 atom stereocenters. The minimum atomic E-state index is -0.347. The average molecular weight is 274 g/mol. The van der Waals surface area contributed by atoms with Crippen molar-refractivity contribution in [2.24, 2.45) is 5.41 Å². The molecule has 1 aromatic carbocycles. The van der Waals surface area contributed by atoms with Gasteiger partial charge in [-0.15, -0.1) is 0 Å². The number of nitro benzene ring substituents is 1. The number of nitrogens with one attached hydrogen (secondary N) is 1. The van der Waals surface area contributed by atoms with Crippen LogP contribution in [0.1, 0.15) is 50.5 Å². The number of hydrogen-bond acceptors (Lipinski definition) is 3. The van der Waals surface area contributed by atoms with Crippen LogP contribution in [-0.2, 0) is 6.54 Å². The number of non-ortho nitro benzene ring substituents is 1. The fourth-order valence-corrected chi connectivity index (χ4v) is 3.85. The van der Waals surface area contributed by atoms with Crippen LogP contribution in [0.15, 0.2) is 24.3 Å². The molecule has 2 aliphatic rings. The molecule has 0 aliphatic heterocycles. The second-order valence-electron chi connectivity index (χ2n) is 6.32. The largest absolute Gasteiger partial charge is 0.309 e. The van der Waals surface area contributed by atoms with E-state index >= 15 is 0 Å². The monoisotopic (exact) mass is 274 g/mol. The highest BCUT2D eigenvalue weighted by Crippen LogP contribution is 2.51. The smallest absolute Gasteiger partial charge is 0.269 e. The van der Waals surface area contributed by atoms with Crippen LogP contribution in [0, 0.1) is 15.5 Å². The lowest BCUT2D eigenvalue weighted by Crippen LogP contribution is -2.53. The highest BCUT2D eigenvalue weighted by molar-refractivity contribution is 5.32. The van der Waals surface area contributed by atoms with E-state index in [0.29, 0.717) is 11.5 Å². The van der Waals surface area contributed by atoms with Crippen molar-refractivity contribution in [1.29, 1.82) is 0 Å². The maximum atomic E-state index is 10.6. The first-order valence-electron chi connectivity index (χ1n) is 7.66. The van der Waals surface area contributed by atoms with E-state index in [1.54, 1.807) is 12.1 Å². The molecule has 0 heterocycles. The molecule has 2 aliphatic carbocycles. The van der Waals surface area contributed by atoms with Crippen LogP contribution in [0.2, 0.25) is 0 Å². The van der Waals surface area contributed by atoms with E-state index in [1.165, 1.54) is 44.9 Å². The lowest BCUT2D eigenvalue weighted by Gasteiger charge is -2.52. The third-order valence-corrected chi connectivity index (χ3v) is 5.22. The van der Waals surface area contributed by atoms with Crippen molar-refractivity contribution >= 4 is 5.69 Å². The molecule has 1 unspecified atom stereocenters. The van der Waals surface area contributed by atoms with Gasteiger partial charge in [-0.1, -0.05) is 31.4 Å². The summed E-state index contributed by atoms with van der Waals surface area (Å²) < 4.78 is 0. The Morgan fingerprint density at radius 2 is 1.85 bits per heavy atom. The van der Waals surface area contributed by atoms with Gasteiger partial charge in [0, 0.05) is 24.7 Å². The molecule has 0 bridgehead atoms. The summed E-state index contributed by atoms with van der Waals surface area (Å²) in [7, 11) is 0. The van der Waals surface area contributed by atoms with E-state index in [4.69, 9.17) is 0 Å². The number of hydrogen-bond donors (Lipinski definition) is 1. The summed E-state index contributed by atoms with van der Waals surface area (Å²) in [5, 5.41) is 14.3. The first-order chi connectivity index (χ1) is 9.70. The molecule has 0 saturated heterocycles. The minimum absolute atomic E-state index is 0.168. The summed E-state index contributed by atoms with van der Waals surface area (Å²) in [6, 6.07) is 7.55. The lowest BCUT2D eigenvalue weighted by atomic mass is 9.57. The predicted molar refractivity (Wildman–Crippen MR) is 78.5 cm³/mol. The van der Waals surface area contributed by atoms with E-state index in [1.807, 2.05) is 12.1 Å². The Bertz CT molecular complexity index is 478. The van der Waals surface area contributed by atoms with Crippen molar-refractivity contribution in [3.05, 3.63) is 39.9 Å². The zero-order valence-electron chi connectivity index (χ0n) is 11.8. The first kappa shape index (κ1) is 13.6. The fourth-order valence-electron chi connectivity index (χ4n) is 3.85. The van der Waals surface area contributed by atoms with Gasteiger partial charge in [0.05, 0.1) is 4.92 Å². The topological polar surface area (TPSA) is 55.2 Å². The van der Waals surface area contributed by atoms with Crippen molar-refractivity contribution in [3.8, 4) is 0 Å². The zero-order valence-corrected chi connectivity index (χ0v) is 11.8. The lowest BCUT2D eigenvalue weighted by molar-refractivity contribution is -0.384. The summed E-state index contributed by atoms with van der Waals surface area (Å²) in [4.78, 5) is 10.3. The second-order valence-corrected chi connectivity index (χ2v) is 6.32. The summed E-state index contributed by atoms with van der Waals surface area (Å²) in [6.45, 7) is 0.824. The summed E-state index contributed by atoms with van der Waals surface area (Å²) >= 11 is 0. The van der Waals surface area contributed by atoms with Crippen LogP contribution in [0.5, 0.6) is 0 Å². The highest BCUT2D eigenvalue weighted by Gasteiger charge is 2.46. The summed E-state index contributed by atoms with van der Waals surface area (Å²) in [5.74, 6) is 0. The van der Waals surface area contributed by atoms with Gasteiger partial charge in [-0.25, -0.2) is 0 Å². The van der Waals surface area contributed by atoms with Gasteiger partial charge in [0.25, 0.3) is 5.69 Å². The Morgan fingerprint density at radius 1 is 1.15 bits per heavy atom. The molecule has 108 valence electrons. The van der Waals surface area contributed by atoms with Crippen molar-refractivity contribution in [3.63, 3.8) is 0 Å².